The fourth-order valence-corrected chi connectivity index (χ4v) is 1.09. The minimum atomic E-state index is -3.95. The molecule has 0 aliphatic rings. The van der Waals surface area contributed by atoms with Gasteiger partial charge in [-0.1, -0.05) is 0 Å². The predicted molar refractivity (Wildman–Crippen MR) is 37.3 cm³/mol. The average molecular weight is 181 g/mol. The second-order valence-corrected chi connectivity index (χ2v) is 3.66. The predicted octanol–water partition coefficient (Wildman–Crippen LogP) is -0.263. The summed E-state index contributed by atoms with van der Waals surface area (Å²) in [5.74, 6) is -0.407. The molecular weight excluding hydrogens is 172 g/mol. The molecule has 6 heteroatoms. The molecule has 0 aromatic rings. The molecular formula is C5H9O5S. The van der Waals surface area contributed by atoms with Gasteiger partial charge >= 0.3 is 6.47 Å². The second kappa shape index (κ2) is 4.30. The Morgan fingerprint density at radius 1 is 1.64 bits per heavy atom. The van der Waals surface area contributed by atoms with Crippen molar-refractivity contribution < 1.29 is 22.5 Å². The maximum atomic E-state index is 10.1. The van der Waals surface area contributed by atoms with Crippen LogP contribution in [0.1, 0.15) is 13.3 Å². The van der Waals surface area contributed by atoms with Crippen LogP contribution in [0, 0.1) is 0 Å². The second-order valence-electron chi connectivity index (χ2n) is 2.09. The molecule has 1 N–H and O–H groups in total. The molecule has 1 atom stereocenters. The van der Waals surface area contributed by atoms with Crippen LogP contribution in [-0.4, -0.2) is 31.3 Å². The smallest absolute Gasteiger partial charge is 0.417 e. The first-order valence-corrected chi connectivity index (χ1v) is 4.54. The average Bonchev–Trinajstić information content (AvgIpc) is 1.83. The highest BCUT2D eigenvalue weighted by Crippen LogP contribution is 1.97. The van der Waals surface area contributed by atoms with Gasteiger partial charge in [0.1, 0.15) is 6.10 Å². The molecule has 0 saturated carbocycles. The van der Waals surface area contributed by atoms with Crippen molar-refractivity contribution >= 4 is 16.6 Å². The van der Waals surface area contributed by atoms with E-state index in [0.29, 0.717) is 0 Å². The van der Waals surface area contributed by atoms with Crippen molar-refractivity contribution in [1.29, 1.82) is 0 Å². The van der Waals surface area contributed by atoms with Crippen molar-refractivity contribution in [2.24, 2.45) is 0 Å². The summed E-state index contributed by atoms with van der Waals surface area (Å²) in [7, 11) is -3.95. The zero-order chi connectivity index (χ0) is 8.91. The van der Waals surface area contributed by atoms with E-state index in [1.807, 2.05) is 0 Å². The number of hydrogen-bond donors (Lipinski definition) is 1. The summed E-state index contributed by atoms with van der Waals surface area (Å²) in [6, 6.07) is 0. The summed E-state index contributed by atoms with van der Waals surface area (Å²) in [6.07, 6.45) is -0.455. The first kappa shape index (κ1) is 10.4. The quantitative estimate of drug-likeness (QED) is 0.591. The van der Waals surface area contributed by atoms with Gasteiger partial charge in [-0.25, -0.2) is 4.79 Å². The minimum Gasteiger partial charge on any atom is -0.454 e. The molecule has 0 spiro atoms. The summed E-state index contributed by atoms with van der Waals surface area (Å²) in [5.41, 5.74) is 0. The van der Waals surface area contributed by atoms with E-state index < -0.39 is 22.0 Å². The first-order valence-electron chi connectivity index (χ1n) is 2.93. The van der Waals surface area contributed by atoms with E-state index in [2.05, 4.69) is 4.74 Å². The topological polar surface area (TPSA) is 80.7 Å². The standard InChI is InChI=1S/C5H9O5S/c1-5(10-4-6)2-3-11(7,8)9/h5H,2-3H2,1H3,(H,7,8,9). The van der Waals surface area contributed by atoms with Gasteiger partial charge in [0.2, 0.25) is 0 Å². The molecule has 1 unspecified atom stereocenters. The Kier molecular flexibility index (Phi) is 4.06. The van der Waals surface area contributed by atoms with Crippen LogP contribution in [0.3, 0.4) is 0 Å². The van der Waals surface area contributed by atoms with E-state index in [0.717, 1.165) is 0 Å². The van der Waals surface area contributed by atoms with Crippen LogP contribution < -0.4 is 0 Å². The van der Waals surface area contributed by atoms with Crippen LogP contribution in [0.15, 0.2) is 0 Å². The number of rotatable bonds is 5. The van der Waals surface area contributed by atoms with Crippen molar-refractivity contribution in [3.8, 4) is 0 Å². The summed E-state index contributed by atoms with van der Waals surface area (Å²) < 4.78 is 32.8. The van der Waals surface area contributed by atoms with Gasteiger partial charge in [0, 0.05) is 6.42 Å². The lowest BCUT2D eigenvalue weighted by Gasteiger charge is -2.05. The van der Waals surface area contributed by atoms with Crippen LogP contribution >= 0.6 is 0 Å². The van der Waals surface area contributed by atoms with Gasteiger partial charge in [0.25, 0.3) is 10.1 Å². The van der Waals surface area contributed by atoms with Gasteiger partial charge in [0.15, 0.2) is 0 Å². The van der Waals surface area contributed by atoms with Crippen molar-refractivity contribution in [1.82, 2.24) is 0 Å². The maximum Gasteiger partial charge on any atom is 0.417 e. The molecule has 65 valence electrons. The van der Waals surface area contributed by atoms with Crippen molar-refractivity contribution in [2.75, 3.05) is 5.75 Å². The zero-order valence-corrected chi connectivity index (χ0v) is 6.80. The zero-order valence-electron chi connectivity index (χ0n) is 5.98. The molecule has 0 amide bonds. The molecule has 0 aliphatic heterocycles. The van der Waals surface area contributed by atoms with E-state index in [1.165, 1.54) is 13.4 Å². The van der Waals surface area contributed by atoms with Gasteiger partial charge < -0.3 is 4.74 Å². The monoisotopic (exact) mass is 181 g/mol. The molecule has 0 aliphatic carbocycles. The fourth-order valence-electron chi connectivity index (χ4n) is 0.456. The Labute approximate surface area is 65.1 Å². The van der Waals surface area contributed by atoms with Crippen LogP contribution in [0.25, 0.3) is 0 Å². The van der Waals surface area contributed by atoms with Gasteiger partial charge in [-0.2, -0.15) is 8.42 Å². The van der Waals surface area contributed by atoms with Crippen molar-refractivity contribution in [3.05, 3.63) is 0 Å². The van der Waals surface area contributed by atoms with E-state index in [1.54, 1.807) is 0 Å². The Hall–Kier alpha value is -0.620. The van der Waals surface area contributed by atoms with Crippen molar-refractivity contribution in [3.63, 3.8) is 0 Å². The van der Waals surface area contributed by atoms with Gasteiger partial charge in [0.05, 0.1) is 5.75 Å². The van der Waals surface area contributed by atoms with Crippen LogP contribution in [0.5, 0.6) is 0 Å². The maximum absolute atomic E-state index is 10.1. The third kappa shape index (κ3) is 7.27. The minimum absolute atomic E-state index is 0.0775. The van der Waals surface area contributed by atoms with E-state index in [4.69, 9.17) is 4.55 Å². The summed E-state index contributed by atoms with van der Waals surface area (Å²) in [5, 5.41) is 0. The van der Waals surface area contributed by atoms with E-state index in [-0.39, 0.29) is 6.42 Å². The van der Waals surface area contributed by atoms with Gasteiger partial charge in [-0.15, -0.1) is 0 Å². The summed E-state index contributed by atoms with van der Waals surface area (Å²) >= 11 is 0. The van der Waals surface area contributed by atoms with Crippen molar-refractivity contribution in [2.45, 2.75) is 19.4 Å². The molecule has 11 heavy (non-hydrogen) atoms. The highest BCUT2D eigenvalue weighted by molar-refractivity contribution is 7.85. The molecule has 0 saturated heterocycles. The molecule has 0 rings (SSSR count). The summed E-state index contributed by atoms with van der Waals surface area (Å²) in [6.45, 7) is 2.69. The third-order valence-corrected chi connectivity index (χ3v) is 1.78. The molecule has 1 radical (unpaired) electrons. The molecule has 0 aromatic heterocycles. The van der Waals surface area contributed by atoms with E-state index in [9.17, 15) is 13.2 Å². The normalized spacial score (nSPS) is 14.0. The third-order valence-electron chi connectivity index (χ3n) is 1.03. The number of hydrogen-bond acceptors (Lipinski definition) is 4. The van der Waals surface area contributed by atoms with E-state index >= 15 is 0 Å². The lowest BCUT2D eigenvalue weighted by Crippen LogP contribution is -2.14. The number of ether oxygens (including phenoxy) is 1. The lowest BCUT2D eigenvalue weighted by atomic mass is 10.3. The van der Waals surface area contributed by atoms with Gasteiger partial charge in [-0.3, -0.25) is 4.55 Å². The molecule has 0 fully saturated rings. The summed E-state index contributed by atoms with van der Waals surface area (Å²) in [4.78, 5) is 9.58. The Morgan fingerprint density at radius 2 is 2.18 bits per heavy atom. The molecule has 5 nitrogen and oxygen atoms in total. The molecule has 0 aromatic carbocycles. The highest BCUT2D eigenvalue weighted by Gasteiger charge is 2.09. The Balaban J connectivity index is 3.62. The lowest BCUT2D eigenvalue weighted by molar-refractivity contribution is 0.190. The largest absolute Gasteiger partial charge is 0.454 e. The Bertz CT molecular complexity index is 207. The SMILES string of the molecule is CC(CCS(=O)(=O)O)O[C]=O. The fraction of sp³-hybridized carbons (Fsp3) is 0.800. The number of carbonyl (C=O) groups excluding carboxylic acids is 1. The van der Waals surface area contributed by atoms with Crippen LogP contribution in [-0.2, 0) is 19.6 Å². The molecule has 0 bridgehead atoms. The van der Waals surface area contributed by atoms with Crippen LogP contribution in [0.2, 0.25) is 0 Å². The Morgan fingerprint density at radius 3 is 2.55 bits per heavy atom. The highest BCUT2D eigenvalue weighted by atomic mass is 32.2. The molecule has 0 heterocycles. The van der Waals surface area contributed by atoms with Crippen LogP contribution in [0.4, 0.5) is 0 Å². The van der Waals surface area contributed by atoms with Gasteiger partial charge in [-0.05, 0) is 6.92 Å². The first-order chi connectivity index (χ1) is 4.95.